The lowest BCUT2D eigenvalue weighted by molar-refractivity contribution is -0.382. The highest BCUT2D eigenvalue weighted by Crippen LogP contribution is 2.32. The van der Waals surface area contributed by atoms with Crippen LogP contribution in [0.3, 0.4) is 0 Å². The van der Waals surface area contributed by atoms with Crippen LogP contribution in [0.15, 0.2) is 24.3 Å². The van der Waals surface area contributed by atoms with Gasteiger partial charge < -0.3 is 11.1 Å². The van der Waals surface area contributed by atoms with Gasteiger partial charge in [0.25, 0.3) is 5.91 Å². The van der Waals surface area contributed by atoms with Crippen molar-refractivity contribution >= 4 is 28.2 Å². The van der Waals surface area contributed by atoms with Gasteiger partial charge in [-0.25, -0.2) is 4.98 Å². The fraction of sp³-hybridized carbons (Fsp3) is 0.333. The van der Waals surface area contributed by atoms with Crippen molar-refractivity contribution in [2.45, 2.75) is 26.2 Å². The second-order valence-electron chi connectivity index (χ2n) is 4.96. The van der Waals surface area contributed by atoms with Gasteiger partial charge in [0.1, 0.15) is 5.69 Å². The summed E-state index contributed by atoms with van der Waals surface area (Å²) in [5.41, 5.74) is 5.63. The Morgan fingerprint density at radius 2 is 2.09 bits per heavy atom. The number of nitrogens with zero attached hydrogens (tertiary/aromatic N) is 2. The fourth-order valence-corrected chi connectivity index (χ4v) is 2.24. The summed E-state index contributed by atoms with van der Waals surface area (Å²) in [6, 6.07) is 6.56. The van der Waals surface area contributed by atoms with Gasteiger partial charge in [-0.15, -0.1) is 0 Å². The maximum absolute atomic E-state index is 12.2. The quantitative estimate of drug-likeness (QED) is 0.484. The molecule has 7 nitrogen and oxygen atoms in total. The molecule has 0 saturated heterocycles. The first-order valence-electron chi connectivity index (χ1n) is 7.17. The number of rotatable bonds is 6. The molecule has 3 N–H and O–H groups in total. The number of benzene rings is 1. The second-order valence-corrected chi connectivity index (χ2v) is 4.96. The average molecular weight is 302 g/mol. The maximum Gasteiger partial charge on any atom is 0.303 e. The monoisotopic (exact) mass is 302 g/mol. The molecular formula is C15H18N4O3. The number of nitrogens with one attached hydrogen (secondary N) is 1. The van der Waals surface area contributed by atoms with E-state index in [2.05, 4.69) is 17.2 Å². The molecule has 1 aromatic carbocycles. The Balaban J connectivity index is 2.40. The number of carbonyl (C=O) groups excluding carboxylic acids is 1. The molecule has 0 spiro atoms. The number of hydrogen-bond donors (Lipinski definition) is 2. The molecule has 2 aromatic rings. The second kappa shape index (κ2) is 6.84. The number of unbranched alkanes of at least 4 members (excludes halogenated alkanes) is 2. The van der Waals surface area contributed by atoms with E-state index in [0.717, 1.165) is 19.3 Å². The van der Waals surface area contributed by atoms with Crippen LogP contribution in [0.2, 0.25) is 0 Å². The standard InChI is InChI=1S/C15H18N4O3/c1-2-3-6-9-17-15(20)13-12(16)14(19(21)22)10-7-4-5-8-11(10)18-13/h4-5,7-8H,2-3,6,9,16H2,1H3,(H,17,20). The molecule has 7 heteroatoms. The Kier molecular flexibility index (Phi) is 4.88. The van der Waals surface area contributed by atoms with Crippen molar-refractivity contribution in [1.82, 2.24) is 10.3 Å². The molecule has 0 saturated carbocycles. The summed E-state index contributed by atoms with van der Waals surface area (Å²) in [6.07, 6.45) is 2.89. The minimum Gasteiger partial charge on any atom is -0.391 e. The SMILES string of the molecule is CCCCCNC(=O)c1nc2ccccc2c([N+](=O)[O-])c1N. The van der Waals surface area contributed by atoms with Gasteiger partial charge in [0.15, 0.2) is 5.69 Å². The smallest absolute Gasteiger partial charge is 0.303 e. The van der Waals surface area contributed by atoms with Crippen LogP contribution in [-0.2, 0) is 0 Å². The van der Waals surface area contributed by atoms with E-state index < -0.39 is 10.8 Å². The Bertz CT molecular complexity index is 715. The Hall–Kier alpha value is -2.70. The number of carbonyl (C=O) groups is 1. The van der Waals surface area contributed by atoms with E-state index in [-0.39, 0.29) is 17.1 Å². The van der Waals surface area contributed by atoms with Crippen LogP contribution in [0.1, 0.15) is 36.7 Å². The number of nitrogens with two attached hydrogens (primary N) is 1. The summed E-state index contributed by atoms with van der Waals surface area (Å²) < 4.78 is 0. The molecule has 0 unspecified atom stereocenters. The van der Waals surface area contributed by atoms with E-state index in [1.54, 1.807) is 24.3 Å². The minimum absolute atomic E-state index is 0.0955. The third kappa shape index (κ3) is 3.13. The summed E-state index contributed by atoms with van der Waals surface area (Å²) in [4.78, 5) is 27.0. The van der Waals surface area contributed by atoms with Crippen LogP contribution in [0.4, 0.5) is 11.4 Å². The molecule has 0 aliphatic heterocycles. The molecule has 116 valence electrons. The molecule has 0 aliphatic rings. The highest BCUT2D eigenvalue weighted by Gasteiger charge is 2.24. The Morgan fingerprint density at radius 1 is 1.36 bits per heavy atom. The van der Waals surface area contributed by atoms with Crippen molar-refractivity contribution in [1.29, 1.82) is 0 Å². The third-order valence-electron chi connectivity index (χ3n) is 3.37. The molecule has 0 aliphatic carbocycles. The summed E-state index contributed by atoms with van der Waals surface area (Å²) in [7, 11) is 0. The number of fused-ring (bicyclic) bond motifs is 1. The number of nitro groups is 1. The van der Waals surface area contributed by atoms with Gasteiger partial charge in [0.05, 0.1) is 15.8 Å². The van der Waals surface area contributed by atoms with Gasteiger partial charge in [0.2, 0.25) is 0 Å². The minimum atomic E-state index is -0.576. The van der Waals surface area contributed by atoms with Crippen LogP contribution in [0.5, 0.6) is 0 Å². The first-order chi connectivity index (χ1) is 10.6. The zero-order chi connectivity index (χ0) is 16.1. The van der Waals surface area contributed by atoms with Crippen LogP contribution in [0.25, 0.3) is 10.9 Å². The van der Waals surface area contributed by atoms with E-state index in [1.807, 2.05) is 0 Å². The summed E-state index contributed by atoms with van der Waals surface area (Å²) in [5.74, 6) is -0.484. The van der Waals surface area contributed by atoms with E-state index in [4.69, 9.17) is 5.73 Å². The largest absolute Gasteiger partial charge is 0.391 e. The number of aromatic nitrogens is 1. The van der Waals surface area contributed by atoms with Gasteiger partial charge in [-0.05, 0) is 18.6 Å². The first-order valence-corrected chi connectivity index (χ1v) is 7.17. The lowest BCUT2D eigenvalue weighted by Gasteiger charge is -2.09. The van der Waals surface area contributed by atoms with Crippen molar-refractivity contribution in [2.75, 3.05) is 12.3 Å². The Labute approximate surface area is 127 Å². The first kappa shape index (κ1) is 15.7. The number of hydrogen-bond acceptors (Lipinski definition) is 5. The summed E-state index contributed by atoms with van der Waals surface area (Å²) in [5, 5.41) is 14.3. The third-order valence-corrected chi connectivity index (χ3v) is 3.37. The maximum atomic E-state index is 12.2. The van der Waals surface area contributed by atoms with Gasteiger partial charge >= 0.3 is 5.69 Å². The van der Waals surface area contributed by atoms with E-state index in [9.17, 15) is 14.9 Å². The summed E-state index contributed by atoms with van der Waals surface area (Å²) in [6.45, 7) is 2.56. The zero-order valence-electron chi connectivity index (χ0n) is 12.3. The lowest BCUT2D eigenvalue weighted by Crippen LogP contribution is -2.26. The number of anilines is 1. The molecule has 0 fully saturated rings. The molecule has 0 bridgehead atoms. The number of para-hydroxylation sites is 1. The van der Waals surface area contributed by atoms with Crippen molar-refractivity contribution < 1.29 is 9.72 Å². The predicted molar refractivity (Wildman–Crippen MR) is 84.7 cm³/mol. The van der Waals surface area contributed by atoms with E-state index >= 15 is 0 Å². The molecule has 0 radical (unpaired) electrons. The molecular weight excluding hydrogens is 284 g/mol. The molecule has 2 rings (SSSR count). The molecule has 1 heterocycles. The normalized spacial score (nSPS) is 10.6. The lowest BCUT2D eigenvalue weighted by atomic mass is 10.1. The highest BCUT2D eigenvalue weighted by molar-refractivity contribution is 6.05. The fourth-order valence-electron chi connectivity index (χ4n) is 2.24. The highest BCUT2D eigenvalue weighted by atomic mass is 16.6. The van der Waals surface area contributed by atoms with Crippen LogP contribution in [-0.4, -0.2) is 22.4 Å². The molecule has 1 amide bonds. The number of nitrogen functional groups attached to an aromatic ring is 1. The average Bonchev–Trinajstić information content (AvgIpc) is 2.50. The van der Waals surface area contributed by atoms with E-state index in [0.29, 0.717) is 17.4 Å². The number of pyridine rings is 1. The van der Waals surface area contributed by atoms with Gasteiger partial charge in [0, 0.05) is 6.54 Å². The van der Waals surface area contributed by atoms with Crippen molar-refractivity contribution in [2.24, 2.45) is 0 Å². The van der Waals surface area contributed by atoms with E-state index in [1.165, 1.54) is 0 Å². The Morgan fingerprint density at radius 3 is 2.77 bits per heavy atom. The number of amides is 1. The molecule has 0 atom stereocenters. The van der Waals surface area contributed by atoms with Gasteiger partial charge in [-0.1, -0.05) is 31.9 Å². The van der Waals surface area contributed by atoms with Gasteiger partial charge in [-0.2, -0.15) is 0 Å². The van der Waals surface area contributed by atoms with Gasteiger partial charge in [-0.3, -0.25) is 14.9 Å². The predicted octanol–water partition coefficient (Wildman–Crippen LogP) is 2.65. The van der Waals surface area contributed by atoms with Crippen LogP contribution < -0.4 is 11.1 Å². The molecule has 1 aromatic heterocycles. The van der Waals surface area contributed by atoms with Crippen LogP contribution in [0, 0.1) is 10.1 Å². The summed E-state index contributed by atoms with van der Waals surface area (Å²) >= 11 is 0. The van der Waals surface area contributed by atoms with Crippen molar-refractivity contribution in [3.8, 4) is 0 Å². The zero-order valence-corrected chi connectivity index (χ0v) is 12.3. The van der Waals surface area contributed by atoms with Crippen molar-refractivity contribution in [3.63, 3.8) is 0 Å². The topological polar surface area (TPSA) is 111 Å². The van der Waals surface area contributed by atoms with Crippen molar-refractivity contribution in [3.05, 3.63) is 40.1 Å². The van der Waals surface area contributed by atoms with Crippen LogP contribution >= 0.6 is 0 Å². The molecule has 22 heavy (non-hydrogen) atoms.